The number of aryl methyl sites for hydroxylation is 1. The van der Waals surface area contributed by atoms with Gasteiger partial charge in [-0.1, -0.05) is 18.2 Å². The van der Waals surface area contributed by atoms with Crippen LogP contribution in [0.1, 0.15) is 22.8 Å². The highest BCUT2D eigenvalue weighted by Crippen LogP contribution is 2.21. The van der Waals surface area contributed by atoms with Crippen LogP contribution in [0.15, 0.2) is 42.5 Å². The fourth-order valence-corrected chi connectivity index (χ4v) is 3.75. The molecule has 0 spiro atoms. The van der Waals surface area contributed by atoms with Crippen molar-refractivity contribution in [3.05, 3.63) is 70.8 Å². The molecule has 118 valence electrons. The van der Waals surface area contributed by atoms with Gasteiger partial charge >= 0.3 is 0 Å². The van der Waals surface area contributed by atoms with Gasteiger partial charge in [0.25, 0.3) is 0 Å². The van der Waals surface area contributed by atoms with Crippen molar-refractivity contribution >= 4 is 9.84 Å². The van der Waals surface area contributed by atoms with Crippen LogP contribution >= 0.6 is 0 Å². The minimum Gasteiger partial charge on any atom is -0.387 e. The van der Waals surface area contributed by atoms with E-state index >= 15 is 0 Å². The van der Waals surface area contributed by atoms with Gasteiger partial charge < -0.3 is 5.11 Å². The van der Waals surface area contributed by atoms with E-state index in [9.17, 15) is 22.3 Å². The quantitative estimate of drug-likeness (QED) is 0.919. The van der Waals surface area contributed by atoms with Crippen molar-refractivity contribution < 1.29 is 22.3 Å². The number of aliphatic hydroxyl groups is 1. The van der Waals surface area contributed by atoms with Gasteiger partial charge in [0.15, 0.2) is 9.84 Å². The molecular weight excluding hydrogens is 310 g/mol. The van der Waals surface area contributed by atoms with Gasteiger partial charge in [-0.05, 0) is 47.9 Å². The first-order valence-corrected chi connectivity index (χ1v) is 8.48. The summed E-state index contributed by atoms with van der Waals surface area (Å²) in [4.78, 5) is 0. The van der Waals surface area contributed by atoms with Gasteiger partial charge in [0.1, 0.15) is 11.6 Å². The average molecular weight is 326 g/mol. The van der Waals surface area contributed by atoms with E-state index in [-0.39, 0.29) is 5.75 Å². The van der Waals surface area contributed by atoms with Crippen LogP contribution in [0.5, 0.6) is 0 Å². The molecule has 0 radical (unpaired) electrons. The molecule has 0 fully saturated rings. The van der Waals surface area contributed by atoms with Gasteiger partial charge in [0, 0.05) is 0 Å². The Kier molecular flexibility index (Phi) is 4.93. The molecule has 0 bridgehead atoms. The van der Waals surface area contributed by atoms with E-state index in [0.29, 0.717) is 16.7 Å². The lowest BCUT2D eigenvalue weighted by molar-refractivity contribution is 0.201. The van der Waals surface area contributed by atoms with E-state index < -0.39 is 33.3 Å². The number of sulfone groups is 1. The van der Waals surface area contributed by atoms with Crippen molar-refractivity contribution in [3.8, 4) is 0 Å². The lowest BCUT2D eigenvalue weighted by Crippen LogP contribution is -2.17. The zero-order valence-electron chi connectivity index (χ0n) is 12.0. The van der Waals surface area contributed by atoms with Crippen molar-refractivity contribution in [1.82, 2.24) is 0 Å². The summed E-state index contributed by atoms with van der Waals surface area (Å²) >= 11 is 0. The van der Waals surface area contributed by atoms with Crippen LogP contribution in [0.4, 0.5) is 8.78 Å². The Hall–Kier alpha value is -1.79. The molecule has 1 unspecified atom stereocenters. The van der Waals surface area contributed by atoms with Crippen molar-refractivity contribution in [2.45, 2.75) is 18.8 Å². The van der Waals surface area contributed by atoms with Gasteiger partial charge in [-0.3, -0.25) is 0 Å². The zero-order valence-corrected chi connectivity index (χ0v) is 12.8. The molecule has 0 saturated carbocycles. The molecule has 3 nitrogen and oxygen atoms in total. The third kappa shape index (κ3) is 4.35. The summed E-state index contributed by atoms with van der Waals surface area (Å²) in [6.07, 6.45) is -1.25. The number of aliphatic hydroxyl groups excluding tert-OH is 1. The average Bonchev–Trinajstić information content (AvgIpc) is 2.36. The van der Waals surface area contributed by atoms with Crippen LogP contribution in [0, 0.1) is 18.6 Å². The molecule has 2 rings (SSSR count). The SMILES string of the molecule is Cc1cc(F)ccc1C(O)CS(=O)(=O)Cc1cccc(F)c1. The first-order valence-electron chi connectivity index (χ1n) is 6.66. The van der Waals surface area contributed by atoms with Crippen LogP contribution in [0.3, 0.4) is 0 Å². The van der Waals surface area contributed by atoms with Crippen LogP contribution in [0.25, 0.3) is 0 Å². The predicted molar refractivity (Wildman–Crippen MR) is 80.0 cm³/mol. The second-order valence-corrected chi connectivity index (χ2v) is 7.31. The minimum absolute atomic E-state index is 0.322. The highest BCUT2D eigenvalue weighted by atomic mass is 32.2. The lowest BCUT2D eigenvalue weighted by atomic mass is 10.0. The number of hydrogen-bond acceptors (Lipinski definition) is 3. The highest BCUT2D eigenvalue weighted by molar-refractivity contribution is 7.90. The fourth-order valence-electron chi connectivity index (χ4n) is 2.28. The molecule has 1 N–H and O–H groups in total. The van der Waals surface area contributed by atoms with E-state index in [1.165, 1.54) is 36.4 Å². The summed E-state index contributed by atoms with van der Waals surface area (Å²) in [7, 11) is -3.64. The molecule has 0 aliphatic heterocycles. The highest BCUT2D eigenvalue weighted by Gasteiger charge is 2.21. The first-order chi connectivity index (χ1) is 10.3. The Bertz CT molecular complexity index is 773. The zero-order chi connectivity index (χ0) is 16.3. The van der Waals surface area contributed by atoms with E-state index in [1.807, 2.05) is 0 Å². The molecule has 6 heteroatoms. The van der Waals surface area contributed by atoms with Crippen molar-refractivity contribution in [3.63, 3.8) is 0 Å². The Morgan fingerprint density at radius 1 is 1.09 bits per heavy atom. The summed E-state index contributed by atoms with van der Waals surface area (Å²) in [5.41, 5.74) is 1.17. The molecule has 1 atom stereocenters. The van der Waals surface area contributed by atoms with E-state index in [2.05, 4.69) is 0 Å². The van der Waals surface area contributed by atoms with Crippen LogP contribution in [-0.2, 0) is 15.6 Å². The Morgan fingerprint density at radius 2 is 1.77 bits per heavy atom. The molecule has 0 aliphatic carbocycles. The second kappa shape index (κ2) is 6.54. The monoisotopic (exact) mass is 326 g/mol. The first kappa shape index (κ1) is 16.6. The number of hydrogen-bond donors (Lipinski definition) is 1. The molecule has 0 amide bonds. The Morgan fingerprint density at radius 3 is 2.41 bits per heavy atom. The Labute approximate surface area is 128 Å². The van der Waals surface area contributed by atoms with Crippen molar-refractivity contribution in [2.75, 3.05) is 5.75 Å². The second-order valence-electron chi connectivity index (χ2n) is 5.20. The van der Waals surface area contributed by atoms with Gasteiger partial charge in [-0.15, -0.1) is 0 Å². The molecule has 0 heterocycles. The molecule has 0 aromatic heterocycles. The van der Waals surface area contributed by atoms with Gasteiger partial charge in [0.2, 0.25) is 0 Å². The third-order valence-corrected chi connectivity index (χ3v) is 4.88. The van der Waals surface area contributed by atoms with Gasteiger partial charge in [0.05, 0.1) is 17.6 Å². The number of benzene rings is 2. The normalized spacial score (nSPS) is 13.1. The molecule has 22 heavy (non-hydrogen) atoms. The summed E-state index contributed by atoms with van der Waals surface area (Å²) in [5.74, 6) is -1.82. The third-order valence-electron chi connectivity index (χ3n) is 3.28. The van der Waals surface area contributed by atoms with Crippen molar-refractivity contribution in [1.29, 1.82) is 0 Å². The molecule has 0 saturated heterocycles. The number of rotatable bonds is 5. The summed E-state index contributed by atoms with van der Waals surface area (Å²) < 4.78 is 50.4. The lowest BCUT2D eigenvalue weighted by Gasteiger charge is -2.14. The maximum atomic E-state index is 13.1. The van der Waals surface area contributed by atoms with Crippen molar-refractivity contribution in [2.24, 2.45) is 0 Å². The minimum atomic E-state index is -3.64. The molecule has 2 aromatic carbocycles. The summed E-state index contributed by atoms with van der Waals surface area (Å²) in [6.45, 7) is 1.60. The standard InChI is InChI=1S/C16H16F2O3S/c1-11-7-14(18)5-6-15(11)16(19)10-22(20,21)9-12-3-2-4-13(17)8-12/h2-8,16,19H,9-10H2,1H3. The van der Waals surface area contributed by atoms with E-state index in [4.69, 9.17) is 0 Å². The topological polar surface area (TPSA) is 54.4 Å². The smallest absolute Gasteiger partial charge is 0.157 e. The molecule has 2 aromatic rings. The van der Waals surface area contributed by atoms with Crippen LogP contribution in [0.2, 0.25) is 0 Å². The van der Waals surface area contributed by atoms with Crippen LogP contribution < -0.4 is 0 Å². The van der Waals surface area contributed by atoms with E-state index in [1.54, 1.807) is 6.92 Å². The Balaban J connectivity index is 2.14. The summed E-state index contributed by atoms with van der Waals surface area (Å²) in [6, 6.07) is 9.09. The fraction of sp³-hybridized carbons (Fsp3) is 0.250. The maximum Gasteiger partial charge on any atom is 0.157 e. The predicted octanol–water partition coefficient (Wildman–Crippen LogP) is 2.92. The van der Waals surface area contributed by atoms with Crippen LogP contribution in [-0.4, -0.2) is 19.3 Å². The van der Waals surface area contributed by atoms with Gasteiger partial charge in [-0.25, -0.2) is 17.2 Å². The summed E-state index contributed by atoms with van der Waals surface area (Å²) in [5, 5.41) is 10.1. The number of halogens is 2. The largest absolute Gasteiger partial charge is 0.387 e. The maximum absolute atomic E-state index is 13.1. The molecule has 0 aliphatic rings. The van der Waals surface area contributed by atoms with E-state index in [0.717, 1.165) is 6.07 Å². The van der Waals surface area contributed by atoms with Gasteiger partial charge in [-0.2, -0.15) is 0 Å². The molecular formula is C16H16F2O3S.